The Kier molecular flexibility index (Phi) is 4.35. The second-order valence-electron chi connectivity index (χ2n) is 5.78. The van der Waals surface area contributed by atoms with Gasteiger partial charge < -0.3 is 9.63 Å². The predicted octanol–water partition coefficient (Wildman–Crippen LogP) is 2.84. The Morgan fingerprint density at radius 3 is 2.76 bits per heavy atom. The molecule has 0 spiro atoms. The van der Waals surface area contributed by atoms with Crippen LogP contribution in [-0.4, -0.2) is 21.2 Å². The zero-order valence-electron chi connectivity index (χ0n) is 12.0. The molecule has 21 heavy (non-hydrogen) atoms. The third-order valence-electron chi connectivity index (χ3n) is 3.08. The number of carboxylic acid groups (broad SMARTS) is 1. The Balaban J connectivity index is 2.05. The van der Waals surface area contributed by atoms with Crippen molar-refractivity contribution in [2.45, 2.75) is 33.1 Å². The predicted molar refractivity (Wildman–Crippen MR) is 73.2 cm³/mol. The Morgan fingerprint density at radius 1 is 1.38 bits per heavy atom. The van der Waals surface area contributed by atoms with Crippen molar-refractivity contribution < 1.29 is 18.8 Å². The van der Waals surface area contributed by atoms with Gasteiger partial charge in [-0.2, -0.15) is 4.98 Å². The summed E-state index contributed by atoms with van der Waals surface area (Å²) in [6.07, 6.45) is 0.622. The van der Waals surface area contributed by atoms with E-state index >= 15 is 0 Å². The topological polar surface area (TPSA) is 76.2 Å². The van der Waals surface area contributed by atoms with E-state index in [9.17, 15) is 9.18 Å². The molecule has 1 aromatic heterocycles. The third-order valence-corrected chi connectivity index (χ3v) is 3.08. The van der Waals surface area contributed by atoms with Gasteiger partial charge in [-0.1, -0.05) is 37.2 Å². The number of carboxylic acids is 1. The normalized spacial score (nSPS) is 11.6. The van der Waals surface area contributed by atoms with Gasteiger partial charge in [-0.15, -0.1) is 0 Å². The van der Waals surface area contributed by atoms with Gasteiger partial charge in [0.15, 0.2) is 5.82 Å². The number of hydrogen-bond acceptors (Lipinski definition) is 4. The molecule has 2 aromatic rings. The molecule has 0 unspecified atom stereocenters. The standard InChI is InChI=1S/C15H17FN2O3/c1-15(2,9-14(19)20)8-13-17-12(18-21-13)7-10-5-3-4-6-11(10)16/h3-6H,7-9H2,1-2H3,(H,19,20). The first-order valence-electron chi connectivity index (χ1n) is 6.62. The SMILES string of the molecule is CC(C)(CC(=O)O)Cc1nc(Cc2ccccc2F)no1. The lowest BCUT2D eigenvalue weighted by molar-refractivity contribution is -0.139. The van der Waals surface area contributed by atoms with Crippen molar-refractivity contribution in [1.29, 1.82) is 0 Å². The van der Waals surface area contributed by atoms with Crippen molar-refractivity contribution in [3.63, 3.8) is 0 Å². The summed E-state index contributed by atoms with van der Waals surface area (Å²) in [5.74, 6) is -0.421. The molecular formula is C15H17FN2O3. The van der Waals surface area contributed by atoms with Gasteiger partial charge in [0, 0.05) is 12.8 Å². The van der Waals surface area contributed by atoms with Crippen molar-refractivity contribution in [3.8, 4) is 0 Å². The van der Waals surface area contributed by atoms with Crippen LogP contribution in [0, 0.1) is 11.2 Å². The van der Waals surface area contributed by atoms with Gasteiger partial charge in [-0.05, 0) is 17.0 Å². The van der Waals surface area contributed by atoms with Crippen LogP contribution in [0.2, 0.25) is 0 Å². The molecule has 0 aliphatic heterocycles. The molecule has 6 heteroatoms. The summed E-state index contributed by atoms with van der Waals surface area (Å²) >= 11 is 0. The van der Waals surface area contributed by atoms with E-state index in [0.29, 0.717) is 23.7 Å². The number of aliphatic carboxylic acids is 1. The molecule has 0 fully saturated rings. The van der Waals surface area contributed by atoms with Crippen molar-refractivity contribution in [2.75, 3.05) is 0 Å². The lowest BCUT2D eigenvalue weighted by atomic mass is 9.86. The first-order chi connectivity index (χ1) is 9.85. The van der Waals surface area contributed by atoms with Gasteiger partial charge in [-0.25, -0.2) is 4.39 Å². The number of rotatable bonds is 6. The lowest BCUT2D eigenvalue weighted by Crippen LogP contribution is -2.19. The average Bonchev–Trinajstić information content (AvgIpc) is 2.77. The molecule has 0 aliphatic rings. The van der Waals surface area contributed by atoms with E-state index in [1.807, 2.05) is 13.8 Å². The average molecular weight is 292 g/mol. The van der Waals surface area contributed by atoms with Crippen LogP contribution in [0.1, 0.15) is 37.5 Å². The van der Waals surface area contributed by atoms with E-state index in [2.05, 4.69) is 10.1 Å². The highest BCUT2D eigenvalue weighted by Crippen LogP contribution is 2.25. The highest BCUT2D eigenvalue weighted by Gasteiger charge is 2.25. The monoisotopic (exact) mass is 292 g/mol. The van der Waals surface area contributed by atoms with Crippen LogP contribution in [0.4, 0.5) is 4.39 Å². The van der Waals surface area contributed by atoms with Crippen molar-refractivity contribution in [2.24, 2.45) is 5.41 Å². The number of aromatic nitrogens is 2. The van der Waals surface area contributed by atoms with E-state index in [-0.39, 0.29) is 18.7 Å². The molecule has 0 amide bonds. The van der Waals surface area contributed by atoms with Gasteiger partial charge in [0.05, 0.1) is 6.42 Å². The minimum atomic E-state index is -0.869. The zero-order chi connectivity index (χ0) is 15.5. The summed E-state index contributed by atoms with van der Waals surface area (Å²) in [6.45, 7) is 3.64. The molecule has 1 aromatic carbocycles. The minimum absolute atomic E-state index is 0.0119. The molecule has 1 heterocycles. The fourth-order valence-corrected chi connectivity index (χ4v) is 2.13. The summed E-state index contributed by atoms with van der Waals surface area (Å²) in [7, 11) is 0. The smallest absolute Gasteiger partial charge is 0.303 e. The molecule has 0 bridgehead atoms. The van der Waals surface area contributed by atoms with Crippen molar-refractivity contribution in [3.05, 3.63) is 47.4 Å². The van der Waals surface area contributed by atoms with Crippen LogP contribution < -0.4 is 0 Å². The molecule has 1 N–H and O–H groups in total. The maximum absolute atomic E-state index is 13.5. The Morgan fingerprint density at radius 2 is 2.10 bits per heavy atom. The van der Waals surface area contributed by atoms with Crippen LogP contribution >= 0.6 is 0 Å². The van der Waals surface area contributed by atoms with Crippen LogP contribution in [0.3, 0.4) is 0 Å². The van der Waals surface area contributed by atoms with Crippen LogP contribution in [-0.2, 0) is 17.6 Å². The molecule has 2 rings (SSSR count). The third kappa shape index (κ3) is 4.37. The van der Waals surface area contributed by atoms with Gasteiger partial charge >= 0.3 is 5.97 Å². The number of hydrogen-bond donors (Lipinski definition) is 1. The van der Waals surface area contributed by atoms with E-state index in [0.717, 1.165) is 0 Å². The van der Waals surface area contributed by atoms with Crippen molar-refractivity contribution in [1.82, 2.24) is 10.1 Å². The molecule has 0 atom stereocenters. The van der Waals surface area contributed by atoms with Gasteiger partial charge in [0.2, 0.25) is 5.89 Å². The number of nitrogens with zero attached hydrogens (tertiary/aromatic N) is 2. The van der Waals surface area contributed by atoms with E-state index in [1.54, 1.807) is 18.2 Å². The van der Waals surface area contributed by atoms with Crippen LogP contribution in [0.5, 0.6) is 0 Å². The number of carbonyl (C=O) groups is 1. The lowest BCUT2D eigenvalue weighted by Gasteiger charge is -2.19. The quantitative estimate of drug-likeness (QED) is 0.886. The van der Waals surface area contributed by atoms with E-state index < -0.39 is 11.4 Å². The van der Waals surface area contributed by atoms with Crippen LogP contribution in [0.15, 0.2) is 28.8 Å². The minimum Gasteiger partial charge on any atom is -0.481 e. The van der Waals surface area contributed by atoms with Gasteiger partial charge in [0.25, 0.3) is 0 Å². The summed E-state index contributed by atoms with van der Waals surface area (Å²) in [4.78, 5) is 15.0. The number of halogens is 1. The first kappa shape index (κ1) is 15.2. The maximum Gasteiger partial charge on any atom is 0.303 e. The van der Waals surface area contributed by atoms with Gasteiger partial charge in [0.1, 0.15) is 5.82 Å². The van der Waals surface area contributed by atoms with E-state index in [1.165, 1.54) is 6.07 Å². The van der Waals surface area contributed by atoms with Crippen LogP contribution in [0.25, 0.3) is 0 Å². The molecule has 0 aliphatic carbocycles. The molecule has 0 radical (unpaired) electrons. The first-order valence-corrected chi connectivity index (χ1v) is 6.62. The summed E-state index contributed by atoms with van der Waals surface area (Å²) in [5.41, 5.74) is 0.0165. The van der Waals surface area contributed by atoms with E-state index in [4.69, 9.17) is 9.63 Å². The Labute approximate surface area is 121 Å². The zero-order valence-corrected chi connectivity index (χ0v) is 12.0. The highest BCUT2D eigenvalue weighted by molar-refractivity contribution is 5.67. The van der Waals surface area contributed by atoms with Gasteiger partial charge in [-0.3, -0.25) is 4.79 Å². The second-order valence-corrected chi connectivity index (χ2v) is 5.78. The molecule has 5 nitrogen and oxygen atoms in total. The summed E-state index contributed by atoms with van der Waals surface area (Å²) in [6, 6.07) is 6.41. The summed E-state index contributed by atoms with van der Waals surface area (Å²) in [5, 5.41) is 12.7. The van der Waals surface area contributed by atoms with Crippen molar-refractivity contribution >= 4 is 5.97 Å². The molecule has 0 saturated heterocycles. The Bertz CT molecular complexity index is 637. The largest absolute Gasteiger partial charge is 0.481 e. The molecule has 112 valence electrons. The Hall–Kier alpha value is -2.24. The second kappa shape index (κ2) is 6.03. The maximum atomic E-state index is 13.5. The molecular weight excluding hydrogens is 275 g/mol. The fourth-order valence-electron chi connectivity index (χ4n) is 2.13. The molecule has 0 saturated carbocycles. The number of benzene rings is 1. The summed E-state index contributed by atoms with van der Waals surface area (Å²) < 4.78 is 18.7. The fraction of sp³-hybridized carbons (Fsp3) is 0.400. The highest BCUT2D eigenvalue weighted by atomic mass is 19.1.